The number of hydrogen-bond donors (Lipinski definition) is 2. The molecule has 0 amide bonds. The number of aromatic hydroxyl groups is 2. The average Bonchev–Trinajstić information content (AvgIpc) is 3.22. The highest BCUT2D eigenvalue weighted by atomic mass is 16.5. The van der Waals surface area contributed by atoms with E-state index >= 15 is 0 Å². The molecule has 2 aromatic carbocycles. The molecule has 0 fully saturated rings. The number of aryl methyl sites for hydroxylation is 2. The van der Waals surface area contributed by atoms with E-state index in [1.54, 1.807) is 12.1 Å². The number of unbranched alkanes of at least 4 members (excludes halogenated alkanes) is 34. The van der Waals surface area contributed by atoms with Crippen molar-refractivity contribution in [2.75, 3.05) is 0 Å². The van der Waals surface area contributed by atoms with Gasteiger partial charge in [-0.2, -0.15) is 0 Å². The zero-order chi connectivity index (χ0) is 40.9. The number of phenols is 2. The highest BCUT2D eigenvalue weighted by Gasteiger charge is 2.20. The maximum atomic E-state index is 13.1. The first-order valence-electron chi connectivity index (χ1n) is 24.9. The number of phenolic OH excluding ortho intramolecular Hbond substituents is 2. The van der Waals surface area contributed by atoms with Crippen molar-refractivity contribution in [2.24, 2.45) is 0 Å². The molecule has 2 rings (SSSR count). The van der Waals surface area contributed by atoms with E-state index in [0.29, 0.717) is 17.7 Å². The van der Waals surface area contributed by atoms with Crippen molar-refractivity contribution < 1.29 is 19.7 Å². The smallest absolute Gasteiger partial charge is 0.347 e. The van der Waals surface area contributed by atoms with Crippen LogP contribution >= 0.6 is 0 Å². The van der Waals surface area contributed by atoms with Crippen LogP contribution < -0.4 is 4.74 Å². The van der Waals surface area contributed by atoms with E-state index in [2.05, 4.69) is 13.8 Å². The summed E-state index contributed by atoms with van der Waals surface area (Å²) in [6, 6.07) is 11.1. The van der Waals surface area contributed by atoms with Gasteiger partial charge in [0.25, 0.3) is 0 Å². The summed E-state index contributed by atoms with van der Waals surface area (Å²) in [4.78, 5) is 13.1. The van der Waals surface area contributed by atoms with Crippen molar-refractivity contribution in [3.05, 3.63) is 53.1 Å². The summed E-state index contributed by atoms with van der Waals surface area (Å²) in [6.45, 7) is 4.57. The fraction of sp³-hybridized carbons (Fsp3) is 0.755. The van der Waals surface area contributed by atoms with E-state index in [-0.39, 0.29) is 17.1 Å². The van der Waals surface area contributed by atoms with Crippen LogP contribution in [0.15, 0.2) is 36.4 Å². The van der Waals surface area contributed by atoms with Gasteiger partial charge in [-0.3, -0.25) is 0 Å². The first-order chi connectivity index (χ1) is 28.1. The van der Waals surface area contributed by atoms with Gasteiger partial charge in [0.05, 0.1) is 0 Å². The number of rotatable bonds is 40. The van der Waals surface area contributed by atoms with Gasteiger partial charge in [-0.15, -0.1) is 0 Å². The first kappa shape index (κ1) is 50.7. The molecule has 0 spiro atoms. The van der Waals surface area contributed by atoms with Gasteiger partial charge in [-0.05, 0) is 48.9 Å². The van der Waals surface area contributed by atoms with E-state index in [9.17, 15) is 15.0 Å². The normalized spacial score (nSPS) is 11.4. The predicted octanol–water partition coefficient (Wildman–Crippen LogP) is 17.5. The fourth-order valence-electron chi connectivity index (χ4n) is 8.39. The number of carbonyl (C=O) groups excluding carboxylic acids is 1. The van der Waals surface area contributed by atoms with Crippen LogP contribution in [0, 0.1) is 0 Å². The Morgan fingerprint density at radius 2 is 0.702 bits per heavy atom. The number of para-hydroxylation sites is 1. The van der Waals surface area contributed by atoms with Gasteiger partial charge in [-0.25, -0.2) is 4.79 Å². The highest BCUT2D eigenvalue weighted by molar-refractivity contribution is 5.95. The minimum atomic E-state index is -0.632. The standard InChI is InChI=1S/C53H90O4/c1-3-5-7-9-11-13-15-17-19-21-23-25-27-29-31-33-35-37-41-47-42-39-40-44-50(47)57-53(56)49-46-45-48(51(54)52(49)55)43-38-36-34-32-30-28-26-24-22-20-18-16-14-12-10-8-6-4-2/h39-40,42,44-46,54-55H,3-38,41,43H2,1-2H3. The predicted molar refractivity (Wildman–Crippen MR) is 246 cm³/mol. The number of esters is 1. The molecule has 0 atom stereocenters. The van der Waals surface area contributed by atoms with Crippen LogP contribution in [0.25, 0.3) is 0 Å². The van der Waals surface area contributed by atoms with Crippen LogP contribution in [0.2, 0.25) is 0 Å². The third-order valence-corrected chi connectivity index (χ3v) is 12.2. The van der Waals surface area contributed by atoms with Gasteiger partial charge in [0.1, 0.15) is 11.3 Å². The van der Waals surface area contributed by atoms with Crippen molar-refractivity contribution in [1.29, 1.82) is 0 Å². The van der Waals surface area contributed by atoms with E-state index in [4.69, 9.17) is 4.74 Å². The Balaban J connectivity index is 1.51. The molecule has 0 saturated heterocycles. The molecule has 4 heteroatoms. The maximum absolute atomic E-state index is 13.1. The van der Waals surface area contributed by atoms with E-state index in [1.165, 1.54) is 212 Å². The summed E-state index contributed by atoms with van der Waals surface area (Å²) in [5.41, 5.74) is 1.71. The minimum Gasteiger partial charge on any atom is -0.504 e. The third kappa shape index (κ3) is 26.3. The fourth-order valence-corrected chi connectivity index (χ4v) is 8.39. The molecule has 57 heavy (non-hydrogen) atoms. The summed E-state index contributed by atoms with van der Waals surface area (Å²) >= 11 is 0. The van der Waals surface area contributed by atoms with Crippen molar-refractivity contribution in [3.8, 4) is 17.2 Å². The molecule has 4 nitrogen and oxygen atoms in total. The molecule has 0 radical (unpaired) electrons. The summed E-state index contributed by atoms with van der Waals surface area (Å²) in [7, 11) is 0. The lowest BCUT2D eigenvalue weighted by Gasteiger charge is -2.13. The van der Waals surface area contributed by atoms with Crippen LogP contribution in [0.3, 0.4) is 0 Å². The SMILES string of the molecule is CCCCCCCCCCCCCCCCCCCCc1ccccc1OC(=O)c1ccc(CCCCCCCCCCCCCCCCCCCC)c(O)c1O. The molecular formula is C53H90O4. The van der Waals surface area contributed by atoms with Crippen molar-refractivity contribution >= 4 is 5.97 Å². The van der Waals surface area contributed by atoms with Crippen molar-refractivity contribution in [3.63, 3.8) is 0 Å². The van der Waals surface area contributed by atoms with Gasteiger partial charge in [0, 0.05) is 0 Å². The Morgan fingerprint density at radius 3 is 1.07 bits per heavy atom. The monoisotopic (exact) mass is 791 g/mol. The van der Waals surface area contributed by atoms with Gasteiger partial charge >= 0.3 is 5.97 Å². The summed E-state index contributed by atoms with van der Waals surface area (Å²) in [6.07, 6.45) is 50.0. The molecule has 2 N–H and O–H groups in total. The summed E-state index contributed by atoms with van der Waals surface area (Å²) < 4.78 is 5.78. The van der Waals surface area contributed by atoms with Crippen molar-refractivity contribution in [1.82, 2.24) is 0 Å². The Bertz CT molecular complexity index is 1220. The molecule has 0 aromatic heterocycles. The number of ether oxygens (including phenoxy) is 1. The lowest BCUT2D eigenvalue weighted by atomic mass is 10.0. The second kappa shape index (κ2) is 36.6. The second-order valence-corrected chi connectivity index (χ2v) is 17.5. The Labute approximate surface area is 352 Å². The van der Waals surface area contributed by atoms with Gasteiger partial charge in [-0.1, -0.05) is 256 Å². The summed E-state index contributed by atoms with van der Waals surface area (Å²) in [5, 5.41) is 21.5. The number of hydrogen-bond acceptors (Lipinski definition) is 4. The maximum Gasteiger partial charge on any atom is 0.347 e. The van der Waals surface area contributed by atoms with Crippen LogP contribution in [-0.2, 0) is 12.8 Å². The molecule has 0 bridgehead atoms. The quantitative estimate of drug-likeness (QED) is 0.0305. The largest absolute Gasteiger partial charge is 0.504 e. The van der Waals surface area contributed by atoms with E-state index in [1.807, 2.05) is 24.3 Å². The zero-order valence-corrected chi connectivity index (χ0v) is 37.5. The Morgan fingerprint density at radius 1 is 0.386 bits per heavy atom. The topological polar surface area (TPSA) is 66.8 Å². The molecule has 0 aliphatic carbocycles. The number of benzene rings is 2. The third-order valence-electron chi connectivity index (χ3n) is 12.2. The van der Waals surface area contributed by atoms with Gasteiger partial charge < -0.3 is 14.9 Å². The lowest BCUT2D eigenvalue weighted by molar-refractivity contribution is 0.0729. The van der Waals surface area contributed by atoms with Crippen LogP contribution in [0.1, 0.15) is 266 Å². The first-order valence-corrected chi connectivity index (χ1v) is 24.9. The molecule has 2 aromatic rings. The Hall–Kier alpha value is -2.49. The van der Waals surface area contributed by atoms with Gasteiger partial charge in [0.2, 0.25) is 0 Å². The molecule has 326 valence electrons. The van der Waals surface area contributed by atoms with Crippen LogP contribution in [0.4, 0.5) is 0 Å². The average molecular weight is 791 g/mol. The Kier molecular flexibility index (Phi) is 32.5. The minimum absolute atomic E-state index is 0.0111. The molecule has 0 unspecified atom stereocenters. The highest BCUT2D eigenvalue weighted by Crippen LogP contribution is 2.35. The van der Waals surface area contributed by atoms with E-state index < -0.39 is 5.97 Å². The zero-order valence-electron chi connectivity index (χ0n) is 37.5. The van der Waals surface area contributed by atoms with E-state index in [0.717, 1.165) is 31.2 Å². The van der Waals surface area contributed by atoms with Gasteiger partial charge in [0.15, 0.2) is 11.5 Å². The molecule has 0 aliphatic rings. The lowest BCUT2D eigenvalue weighted by Crippen LogP contribution is -2.10. The van der Waals surface area contributed by atoms with Crippen LogP contribution in [0.5, 0.6) is 17.2 Å². The van der Waals surface area contributed by atoms with Crippen molar-refractivity contribution in [2.45, 2.75) is 258 Å². The molecular weight excluding hydrogens is 701 g/mol. The molecule has 0 heterocycles. The van der Waals surface area contributed by atoms with Crippen LogP contribution in [-0.4, -0.2) is 16.2 Å². The summed E-state index contributed by atoms with van der Waals surface area (Å²) in [5.74, 6) is -0.659. The molecule has 0 aliphatic heterocycles. The second-order valence-electron chi connectivity index (χ2n) is 17.5. The molecule has 0 saturated carbocycles. The number of carbonyl (C=O) groups is 1.